The highest BCUT2D eigenvalue weighted by atomic mass is 16.2. The summed E-state index contributed by atoms with van der Waals surface area (Å²) >= 11 is 0. The van der Waals surface area contributed by atoms with E-state index in [4.69, 9.17) is 0 Å². The molecule has 2 amide bonds. The molecule has 0 aliphatic rings. The van der Waals surface area contributed by atoms with Crippen molar-refractivity contribution in [1.29, 1.82) is 0 Å². The Morgan fingerprint density at radius 1 is 1.13 bits per heavy atom. The summed E-state index contributed by atoms with van der Waals surface area (Å²) < 4.78 is 0. The Kier molecular flexibility index (Phi) is 5.79. The smallest absolute Gasteiger partial charge is 0.244 e. The third kappa shape index (κ3) is 5.17. The first-order valence-corrected chi connectivity index (χ1v) is 7.46. The van der Waals surface area contributed by atoms with Gasteiger partial charge in [-0.2, -0.15) is 4.80 Å². The van der Waals surface area contributed by atoms with Crippen LogP contribution in [0.1, 0.15) is 18.9 Å². The summed E-state index contributed by atoms with van der Waals surface area (Å²) in [6, 6.07) is 7.71. The van der Waals surface area contributed by atoms with E-state index in [9.17, 15) is 9.59 Å². The van der Waals surface area contributed by atoms with Gasteiger partial charge < -0.3 is 10.6 Å². The Morgan fingerprint density at radius 3 is 2.57 bits per heavy atom. The standard InChI is InChI=1S/C15H20N6O2/c1-3-8-16-13(22)9-17-14(23)10-21-19-15(18-20-21)12-6-4-11(2)5-7-12/h4-7H,3,8-10H2,1-2H3,(H,16,22)(H,17,23). The molecule has 2 rings (SSSR count). The molecular weight excluding hydrogens is 296 g/mol. The maximum absolute atomic E-state index is 11.8. The van der Waals surface area contributed by atoms with E-state index in [1.807, 2.05) is 38.1 Å². The van der Waals surface area contributed by atoms with Gasteiger partial charge in [-0.15, -0.1) is 10.2 Å². The van der Waals surface area contributed by atoms with Gasteiger partial charge in [-0.1, -0.05) is 36.8 Å². The molecule has 1 aromatic carbocycles. The molecular formula is C15H20N6O2. The zero-order valence-electron chi connectivity index (χ0n) is 13.2. The lowest BCUT2D eigenvalue weighted by atomic mass is 10.1. The Morgan fingerprint density at radius 2 is 1.87 bits per heavy atom. The van der Waals surface area contributed by atoms with Crippen LogP contribution in [0.2, 0.25) is 0 Å². The van der Waals surface area contributed by atoms with Gasteiger partial charge in [-0.25, -0.2) is 0 Å². The number of amides is 2. The number of benzene rings is 1. The number of hydrogen-bond acceptors (Lipinski definition) is 5. The molecule has 2 aromatic rings. The van der Waals surface area contributed by atoms with Crippen molar-refractivity contribution in [2.45, 2.75) is 26.8 Å². The van der Waals surface area contributed by atoms with Crippen LogP contribution in [0.25, 0.3) is 11.4 Å². The van der Waals surface area contributed by atoms with Gasteiger partial charge in [0.15, 0.2) is 0 Å². The fraction of sp³-hybridized carbons (Fsp3) is 0.400. The molecule has 0 unspecified atom stereocenters. The van der Waals surface area contributed by atoms with E-state index in [0.717, 1.165) is 17.5 Å². The first-order valence-electron chi connectivity index (χ1n) is 7.46. The van der Waals surface area contributed by atoms with Crippen LogP contribution in [0.3, 0.4) is 0 Å². The second-order valence-electron chi connectivity index (χ2n) is 5.14. The van der Waals surface area contributed by atoms with Crippen molar-refractivity contribution < 1.29 is 9.59 Å². The van der Waals surface area contributed by atoms with Gasteiger partial charge >= 0.3 is 0 Å². The van der Waals surface area contributed by atoms with E-state index < -0.39 is 0 Å². The van der Waals surface area contributed by atoms with Gasteiger partial charge in [-0.05, 0) is 18.6 Å². The van der Waals surface area contributed by atoms with E-state index in [2.05, 4.69) is 26.0 Å². The number of nitrogens with one attached hydrogen (secondary N) is 2. The van der Waals surface area contributed by atoms with E-state index in [0.29, 0.717) is 12.4 Å². The number of carbonyl (C=O) groups excluding carboxylic acids is 2. The Balaban J connectivity index is 1.85. The molecule has 1 heterocycles. The van der Waals surface area contributed by atoms with Gasteiger partial charge in [0, 0.05) is 12.1 Å². The maximum Gasteiger partial charge on any atom is 0.244 e. The fourth-order valence-electron chi connectivity index (χ4n) is 1.82. The normalized spacial score (nSPS) is 10.3. The number of aromatic nitrogens is 4. The van der Waals surface area contributed by atoms with Gasteiger partial charge in [0.25, 0.3) is 0 Å². The number of tetrazole rings is 1. The molecule has 0 bridgehead atoms. The third-order valence-electron chi connectivity index (χ3n) is 3.07. The Hall–Kier alpha value is -2.77. The van der Waals surface area contributed by atoms with Crippen LogP contribution in [0.4, 0.5) is 0 Å². The third-order valence-corrected chi connectivity index (χ3v) is 3.07. The highest BCUT2D eigenvalue weighted by Crippen LogP contribution is 2.13. The molecule has 122 valence electrons. The van der Waals surface area contributed by atoms with Crippen LogP contribution in [0.5, 0.6) is 0 Å². The van der Waals surface area contributed by atoms with E-state index in [1.165, 1.54) is 4.80 Å². The Bertz CT molecular complexity index is 665. The average molecular weight is 316 g/mol. The molecule has 23 heavy (non-hydrogen) atoms. The van der Waals surface area contributed by atoms with Crippen molar-refractivity contribution in [3.05, 3.63) is 29.8 Å². The van der Waals surface area contributed by atoms with Crippen molar-refractivity contribution in [1.82, 2.24) is 30.8 Å². The molecule has 0 aliphatic heterocycles. The first-order chi connectivity index (χ1) is 11.1. The number of aryl methyl sites for hydroxylation is 1. The summed E-state index contributed by atoms with van der Waals surface area (Å²) in [5, 5.41) is 17.1. The fourth-order valence-corrected chi connectivity index (χ4v) is 1.82. The topological polar surface area (TPSA) is 102 Å². The largest absolute Gasteiger partial charge is 0.355 e. The summed E-state index contributed by atoms with van der Waals surface area (Å²) in [5.74, 6) is -0.102. The zero-order chi connectivity index (χ0) is 16.7. The predicted octanol–water partition coefficient (Wildman–Crippen LogP) is 0.291. The number of nitrogens with zero attached hydrogens (tertiary/aromatic N) is 4. The van der Waals surface area contributed by atoms with Crippen molar-refractivity contribution in [3.8, 4) is 11.4 Å². The second-order valence-corrected chi connectivity index (χ2v) is 5.14. The van der Waals surface area contributed by atoms with Crippen LogP contribution in [0, 0.1) is 6.92 Å². The summed E-state index contributed by atoms with van der Waals surface area (Å²) in [6.45, 7) is 4.41. The molecule has 0 spiro atoms. The van der Waals surface area contributed by atoms with Gasteiger partial charge in [-0.3, -0.25) is 9.59 Å². The molecule has 0 aliphatic carbocycles. The molecule has 8 heteroatoms. The molecule has 1 aromatic heterocycles. The molecule has 0 atom stereocenters. The van der Waals surface area contributed by atoms with Crippen LogP contribution < -0.4 is 10.6 Å². The van der Waals surface area contributed by atoms with Crippen LogP contribution in [-0.2, 0) is 16.1 Å². The summed E-state index contributed by atoms with van der Waals surface area (Å²) in [4.78, 5) is 24.4. The van der Waals surface area contributed by atoms with E-state index in [-0.39, 0.29) is 24.9 Å². The molecule has 8 nitrogen and oxygen atoms in total. The SMILES string of the molecule is CCCNC(=O)CNC(=O)Cn1nnc(-c2ccc(C)cc2)n1. The number of hydrogen-bond donors (Lipinski definition) is 2. The van der Waals surface area contributed by atoms with Gasteiger partial charge in [0.05, 0.1) is 6.54 Å². The summed E-state index contributed by atoms with van der Waals surface area (Å²) in [7, 11) is 0. The second kappa shape index (κ2) is 8.02. The lowest BCUT2D eigenvalue weighted by molar-refractivity contribution is -0.126. The number of carbonyl (C=O) groups is 2. The van der Waals surface area contributed by atoms with Crippen molar-refractivity contribution in [2.24, 2.45) is 0 Å². The molecule has 2 N–H and O–H groups in total. The maximum atomic E-state index is 11.8. The molecule has 0 saturated heterocycles. The predicted molar refractivity (Wildman–Crippen MR) is 84.3 cm³/mol. The molecule has 0 fully saturated rings. The van der Waals surface area contributed by atoms with Crippen LogP contribution >= 0.6 is 0 Å². The molecule has 0 saturated carbocycles. The lowest BCUT2D eigenvalue weighted by Crippen LogP contribution is -2.38. The quantitative estimate of drug-likeness (QED) is 0.764. The monoisotopic (exact) mass is 316 g/mol. The minimum atomic E-state index is -0.343. The van der Waals surface area contributed by atoms with Gasteiger partial charge in [0.1, 0.15) is 6.54 Å². The van der Waals surface area contributed by atoms with Crippen molar-refractivity contribution >= 4 is 11.8 Å². The minimum Gasteiger partial charge on any atom is -0.355 e. The highest BCUT2D eigenvalue weighted by Gasteiger charge is 2.10. The number of rotatable bonds is 7. The average Bonchev–Trinajstić information content (AvgIpc) is 3.00. The van der Waals surface area contributed by atoms with Crippen molar-refractivity contribution in [2.75, 3.05) is 13.1 Å². The lowest BCUT2D eigenvalue weighted by Gasteiger charge is -2.05. The zero-order valence-corrected chi connectivity index (χ0v) is 13.2. The van der Waals surface area contributed by atoms with E-state index in [1.54, 1.807) is 0 Å². The summed E-state index contributed by atoms with van der Waals surface area (Å²) in [5.41, 5.74) is 1.98. The minimum absolute atomic E-state index is 0.0572. The van der Waals surface area contributed by atoms with Gasteiger partial charge in [0.2, 0.25) is 17.6 Å². The van der Waals surface area contributed by atoms with Crippen LogP contribution in [-0.4, -0.2) is 45.1 Å². The van der Waals surface area contributed by atoms with Crippen molar-refractivity contribution in [3.63, 3.8) is 0 Å². The first kappa shape index (κ1) is 16.6. The van der Waals surface area contributed by atoms with E-state index >= 15 is 0 Å². The summed E-state index contributed by atoms with van der Waals surface area (Å²) in [6.07, 6.45) is 0.852. The Labute approximate surface area is 134 Å². The van der Waals surface area contributed by atoms with Crippen LogP contribution in [0.15, 0.2) is 24.3 Å². The molecule has 0 radical (unpaired) electrons. The highest BCUT2D eigenvalue weighted by molar-refractivity contribution is 5.84.